The zero-order chi connectivity index (χ0) is 43.7. The Morgan fingerprint density at radius 1 is 0.550 bits per heavy atom. The van der Waals surface area contributed by atoms with Crippen molar-refractivity contribution in [2.75, 3.05) is 13.2 Å². The van der Waals surface area contributed by atoms with E-state index in [1.54, 1.807) is 6.08 Å². The van der Waals surface area contributed by atoms with Gasteiger partial charge in [-0.3, -0.25) is 4.79 Å². The SMILES string of the molecule is CCCCCC/C=C\CCCCCCCC(=O)NC(COC1OC(CO)C(O)C(O)C1O)C(O)/C=C/CC/C=C/CCCCCCCCCCCCCCCCCCCC. The molecule has 1 saturated heterocycles. The van der Waals surface area contributed by atoms with Crippen molar-refractivity contribution >= 4 is 5.91 Å². The lowest BCUT2D eigenvalue weighted by atomic mass is 9.99. The fourth-order valence-corrected chi connectivity index (χ4v) is 7.87. The van der Waals surface area contributed by atoms with Crippen molar-refractivity contribution in [3.63, 3.8) is 0 Å². The molecule has 6 N–H and O–H groups in total. The Balaban J connectivity index is 2.30. The number of aliphatic hydroxyl groups excluding tert-OH is 5. The number of carbonyl (C=O) groups excluding carboxylic acids is 1. The van der Waals surface area contributed by atoms with Gasteiger partial charge < -0.3 is 40.3 Å². The first-order valence-corrected chi connectivity index (χ1v) is 25.2. The minimum atomic E-state index is -1.57. The fourth-order valence-electron chi connectivity index (χ4n) is 7.87. The van der Waals surface area contributed by atoms with Crippen LogP contribution in [0.25, 0.3) is 0 Å². The maximum atomic E-state index is 12.9. The van der Waals surface area contributed by atoms with Crippen molar-refractivity contribution in [1.82, 2.24) is 5.32 Å². The van der Waals surface area contributed by atoms with E-state index in [4.69, 9.17) is 9.47 Å². The lowest BCUT2D eigenvalue weighted by Gasteiger charge is -2.40. The van der Waals surface area contributed by atoms with Crippen LogP contribution in [0, 0.1) is 0 Å². The van der Waals surface area contributed by atoms with Gasteiger partial charge in [-0.2, -0.15) is 0 Å². The molecule has 7 unspecified atom stereocenters. The Labute approximate surface area is 368 Å². The van der Waals surface area contributed by atoms with Crippen LogP contribution in [0.4, 0.5) is 0 Å². The first kappa shape index (κ1) is 56.4. The maximum Gasteiger partial charge on any atom is 0.220 e. The molecule has 0 aromatic heterocycles. The summed E-state index contributed by atoms with van der Waals surface area (Å²) in [6.45, 7) is 3.74. The molecule has 9 nitrogen and oxygen atoms in total. The Morgan fingerprint density at radius 2 is 0.950 bits per heavy atom. The maximum absolute atomic E-state index is 12.9. The average Bonchev–Trinajstić information content (AvgIpc) is 3.25. The summed E-state index contributed by atoms with van der Waals surface area (Å²) >= 11 is 0. The molecule has 9 heteroatoms. The van der Waals surface area contributed by atoms with E-state index in [0.29, 0.717) is 6.42 Å². The number of hydrogen-bond acceptors (Lipinski definition) is 8. The van der Waals surface area contributed by atoms with Crippen molar-refractivity contribution in [1.29, 1.82) is 0 Å². The van der Waals surface area contributed by atoms with Gasteiger partial charge in [0, 0.05) is 6.42 Å². The predicted molar refractivity (Wildman–Crippen MR) is 249 cm³/mol. The smallest absolute Gasteiger partial charge is 0.220 e. The van der Waals surface area contributed by atoms with Crippen LogP contribution in [0.2, 0.25) is 0 Å². The van der Waals surface area contributed by atoms with Gasteiger partial charge in [0.15, 0.2) is 6.29 Å². The van der Waals surface area contributed by atoms with Crippen LogP contribution in [0.5, 0.6) is 0 Å². The van der Waals surface area contributed by atoms with Gasteiger partial charge in [-0.15, -0.1) is 0 Å². The molecule has 1 amide bonds. The van der Waals surface area contributed by atoms with Crippen LogP contribution in [0.1, 0.15) is 226 Å². The molecular weight excluding hydrogens is 755 g/mol. The standard InChI is InChI=1S/C51H95NO8/c1-3-5-7-9-11-13-15-17-18-19-20-21-22-23-24-25-26-27-29-30-32-34-36-38-40-45(54)44(43-59-51-50(58)49(57)48(56)46(42-53)60-51)52-47(55)41-39-37-35-33-31-28-16-14-12-10-8-6-4-2/h14,16,30,32,38,40,44-46,48-51,53-54,56-58H,3-13,15,17-29,31,33-37,39,41-43H2,1-2H3,(H,52,55)/b16-14-,32-30+,40-38+. The third-order valence-corrected chi connectivity index (χ3v) is 11.9. The number of aliphatic hydroxyl groups is 5. The highest BCUT2D eigenvalue weighted by atomic mass is 16.7. The van der Waals surface area contributed by atoms with E-state index in [-0.39, 0.29) is 12.5 Å². The number of nitrogens with one attached hydrogen (secondary N) is 1. The number of carbonyl (C=O) groups is 1. The number of rotatable bonds is 42. The molecule has 0 saturated carbocycles. The molecule has 0 bridgehead atoms. The highest BCUT2D eigenvalue weighted by Crippen LogP contribution is 2.23. The number of ether oxygens (including phenoxy) is 2. The second kappa shape index (κ2) is 41.4. The van der Waals surface area contributed by atoms with Gasteiger partial charge in [-0.05, 0) is 57.8 Å². The van der Waals surface area contributed by atoms with Gasteiger partial charge in [0.1, 0.15) is 24.4 Å². The van der Waals surface area contributed by atoms with Gasteiger partial charge in [0.05, 0.1) is 25.4 Å². The lowest BCUT2D eigenvalue weighted by molar-refractivity contribution is -0.302. The quantitative estimate of drug-likeness (QED) is 0.0263. The molecule has 352 valence electrons. The Kier molecular flexibility index (Phi) is 39.0. The predicted octanol–water partition coefficient (Wildman–Crippen LogP) is 11.2. The highest BCUT2D eigenvalue weighted by molar-refractivity contribution is 5.76. The average molecular weight is 850 g/mol. The molecule has 0 spiro atoms. The van der Waals surface area contributed by atoms with Crippen molar-refractivity contribution in [3.05, 3.63) is 36.5 Å². The second-order valence-electron chi connectivity index (χ2n) is 17.6. The van der Waals surface area contributed by atoms with Crippen molar-refractivity contribution in [3.8, 4) is 0 Å². The fraction of sp³-hybridized carbons (Fsp3) is 0.863. The van der Waals surface area contributed by atoms with Crippen LogP contribution in [0.15, 0.2) is 36.5 Å². The summed E-state index contributed by atoms with van der Waals surface area (Å²) in [5.41, 5.74) is 0. The first-order chi connectivity index (χ1) is 29.3. The molecule has 0 radical (unpaired) electrons. The number of unbranched alkanes of at least 4 members (excludes halogenated alkanes) is 28. The number of hydrogen-bond donors (Lipinski definition) is 6. The molecule has 60 heavy (non-hydrogen) atoms. The summed E-state index contributed by atoms with van der Waals surface area (Å²) in [4.78, 5) is 12.9. The van der Waals surface area contributed by atoms with Gasteiger partial charge >= 0.3 is 0 Å². The van der Waals surface area contributed by atoms with Crippen LogP contribution in [-0.4, -0.2) is 87.5 Å². The Morgan fingerprint density at radius 3 is 1.42 bits per heavy atom. The van der Waals surface area contributed by atoms with Crippen molar-refractivity contribution in [2.45, 2.75) is 269 Å². The first-order valence-electron chi connectivity index (χ1n) is 25.2. The molecule has 1 aliphatic heterocycles. The third-order valence-electron chi connectivity index (χ3n) is 11.9. The Hall–Kier alpha value is -1.59. The van der Waals surface area contributed by atoms with E-state index in [1.807, 2.05) is 6.08 Å². The zero-order valence-electron chi connectivity index (χ0n) is 38.7. The summed E-state index contributed by atoms with van der Waals surface area (Å²) in [5, 5.41) is 54.2. The normalized spacial score (nSPS) is 20.8. The highest BCUT2D eigenvalue weighted by Gasteiger charge is 2.44. The molecule has 1 fully saturated rings. The number of amides is 1. The van der Waals surface area contributed by atoms with Crippen LogP contribution >= 0.6 is 0 Å². The summed E-state index contributed by atoms with van der Waals surface area (Å²) in [5.74, 6) is -0.196. The van der Waals surface area contributed by atoms with Crippen LogP contribution < -0.4 is 5.32 Å². The van der Waals surface area contributed by atoms with Crippen LogP contribution in [0.3, 0.4) is 0 Å². The van der Waals surface area contributed by atoms with E-state index in [1.165, 1.54) is 148 Å². The van der Waals surface area contributed by atoms with Gasteiger partial charge in [-0.25, -0.2) is 0 Å². The minimum absolute atomic E-state index is 0.196. The summed E-state index contributed by atoms with van der Waals surface area (Å²) in [6.07, 6.45) is 44.9. The van der Waals surface area contributed by atoms with Gasteiger partial charge in [-0.1, -0.05) is 198 Å². The van der Waals surface area contributed by atoms with E-state index in [9.17, 15) is 30.3 Å². The molecule has 1 rings (SSSR count). The summed E-state index contributed by atoms with van der Waals surface area (Å²) in [6, 6.07) is -0.824. The van der Waals surface area contributed by atoms with E-state index < -0.39 is 49.5 Å². The van der Waals surface area contributed by atoms with Crippen LogP contribution in [-0.2, 0) is 14.3 Å². The minimum Gasteiger partial charge on any atom is -0.394 e. The number of allylic oxidation sites excluding steroid dienone is 5. The third kappa shape index (κ3) is 31.3. The second-order valence-corrected chi connectivity index (χ2v) is 17.6. The van der Waals surface area contributed by atoms with Gasteiger partial charge in [0.25, 0.3) is 0 Å². The van der Waals surface area contributed by atoms with E-state index in [0.717, 1.165) is 57.8 Å². The molecular formula is C51H95NO8. The lowest BCUT2D eigenvalue weighted by Crippen LogP contribution is -2.60. The topological polar surface area (TPSA) is 149 Å². The van der Waals surface area contributed by atoms with Gasteiger partial charge in [0.2, 0.25) is 5.91 Å². The van der Waals surface area contributed by atoms with E-state index in [2.05, 4.69) is 43.5 Å². The molecule has 0 aromatic rings. The van der Waals surface area contributed by atoms with E-state index >= 15 is 0 Å². The molecule has 1 aliphatic rings. The summed E-state index contributed by atoms with van der Waals surface area (Å²) < 4.78 is 11.2. The summed E-state index contributed by atoms with van der Waals surface area (Å²) in [7, 11) is 0. The molecule has 7 atom stereocenters. The van der Waals surface area contributed by atoms with Crippen molar-refractivity contribution < 1.29 is 39.8 Å². The molecule has 0 aromatic carbocycles. The molecule has 0 aliphatic carbocycles. The monoisotopic (exact) mass is 850 g/mol. The van der Waals surface area contributed by atoms with Crippen molar-refractivity contribution in [2.24, 2.45) is 0 Å². The zero-order valence-corrected chi connectivity index (χ0v) is 38.7. The largest absolute Gasteiger partial charge is 0.394 e. The molecule has 1 heterocycles. The Bertz CT molecular complexity index is 1030.